The van der Waals surface area contributed by atoms with Gasteiger partial charge in [-0.05, 0) is 25.7 Å². The van der Waals surface area contributed by atoms with Gasteiger partial charge in [-0.1, -0.05) is 6.92 Å². The van der Waals surface area contributed by atoms with Crippen LogP contribution in [0.5, 0.6) is 0 Å². The molecular weight excluding hydrogens is 226 g/mol. The summed E-state index contributed by atoms with van der Waals surface area (Å²) in [4.78, 5) is 4.84. The lowest BCUT2D eigenvalue weighted by Gasteiger charge is -2.36. The van der Waals surface area contributed by atoms with Crippen LogP contribution in [0.1, 0.15) is 32.6 Å². The van der Waals surface area contributed by atoms with Crippen LogP contribution in [-0.4, -0.2) is 61.3 Å². The van der Waals surface area contributed by atoms with Gasteiger partial charge in [0.05, 0.1) is 18.2 Å². The molecule has 0 aromatic rings. The molecule has 0 bridgehead atoms. The quantitative estimate of drug-likeness (QED) is 0.742. The second-order valence-corrected chi connectivity index (χ2v) is 5.35. The fraction of sp³-hybridized carbons (Fsp3) is 0.929. The van der Waals surface area contributed by atoms with Gasteiger partial charge in [0.25, 0.3) is 0 Å². The van der Waals surface area contributed by atoms with Gasteiger partial charge in [0, 0.05) is 39.3 Å². The Labute approximate surface area is 110 Å². The zero-order valence-corrected chi connectivity index (χ0v) is 11.5. The van der Waals surface area contributed by atoms with Gasteiger partial charge < -0.3 is 9.64 Å². The molecule has 0 saturated carbocycles. The third-order valence-corrected chi connectivity index (χ3v) is 4.17. The number of piperazine rings is 1. The van der Waals surface area contributed by atoms with Crippen LogP contribution in [0.3, 0.4) is 0 Å². The SMILES string of the molecule is CCC(C#N)N1CCN(CCC2CCCO2)CC1. The second kappa shape index (κ2) is 7.08. The van der Waals surface area contributed by atoms with Crippen LogP contribution in [-0.2, 0) is 4.74 Å². The molecule has 2 saturated heterocycles. The van der Waals surface area contributed by atoms with E-state index in [0.717, 1.165) is 45.8 Å². The number of rotatable bonds is 5. The lowest BCUT2D eigenvalue weighted by atomic mass is 10.1. The first-order chi connectivity index (χ1) is 8.83. The predicted octanol–water partition coefficient (Wildman–Crippen LogP) is 1.48. The highest BCUT2D eigenvalue weighted by Crippen LogP contribution is 2.16. The van der Waals surface area contributed by atoms with Crippen molar-refractivity contribution in [2.24, 2.45) is 0 Å². The molecule has 4 nitrogen and oxygen atoms in total. The fourth-order valence-corrected chi connectivity index (χ4v) is 2.93. The number of ether oxygens (including phenoxy) is 1. The van der Waals surface area contributed by atoms with Crippen molar-refractivity contribution in [1.29, 1.82) is 5.26 Å². The number of hydrogen-bond acceptors (Lipinski definition) is 4. The predicted molar refractivity (Wildman–Crippen MR) is 71.3 cm³/mol. The summed E-state index contributed by atoms with van der Waals surface area (Å²) in [7, 11) is 0. The third kappa shape index (κ3) is 3.68. The van der Waals surface area contributed by atoms with Crippen LogP contribution in [0.4, 0.5) is 0 Å². The van der Waals surface area contributed by atoms with Crippen LogP contribution >= 0.6 is 0 Å². The third-order valence-electron chi connectivity index (χ3n) is 4.17. The highest BCUT2D eigenvalue weighted by Gasteiger charge is 2.23. The van der Waals surface area contributed by atoms with E-state index in [1.54, 1.807) is 0 Å². The van der Waals surface area contributed by atoms with Crippen LogP contribution in [0.2, 0.25) is 0 Å². The summed E-state index contributed by atoms with van der Waals surface area (Å²) >= 11 is 0. The molecule has 2 aliphatic rings. The smallest absolute Gasteiger partial charge is 0.0976 e. The summed E-state index contributed by atoms with van der Waals surface area (Å²) in [5.41, 5.74) is 0. The van der Waals surface area contributed by atoms with E-state index in [1.165, 1.54) is 19.3 Å². The lowest BCUT2D eigenvalue weighted by Crippen LogP contribution is -2.50. The summed E-state index contributed by atoms with van der Waals surface area (Å²) in [6.07, 6.45) is 5.10. The van der Waals surface area contributed by atoms with E-state index in [9.17, 15) is 0 Å². The van der Waals surface area contributed by atoms with Gasteiger partial charge in [-0.2, -0.15) is 5.26 Å². The molecule has 2 aliphatic heterocycles. The van der Waals surface area contributed by atoms with E-state index < -0.39 is 0 Å². The molecule has 2 fully saturated rings. The summed E-state index contributed by atoms with van der Waals surface area (Å²) in [5.74, 6) is 0. The maximum atomic E-state index is 9.07. The molecule has 102 valence electrons. The van der Waals surface area contributed by atoms with Gasteiger partial charge in [-0.25, -0.2) is 0 Å². The first kappa shape index (κ1) is 13.8. The number of nitriles is 1. The van der Waals surface area contributed by atoms with E-state index in [0.29, 0.717) is 6.10 Å². The van der Waals surface area contributed by atoms with Crippen molar-refractivity contribution in [3.63, 3.8) is 0 Å². The average molecular weight is 251 g/mol. The summed E-state index contributed by atoms with van der Waals surface area (Å²) in [6.45, 7) is 8.49. The Morgan fingerprint density at radius 3 is 2.67 bits per heavy atom. The molecule has 18 heavy (non-hydrogen) atoms. The van der Waals surface area contributed by atoms with Crippen LogP contribution < -0.4 is 0 Å². The minimum absolute atomic E-state index is 0.116. The second-order valence-electron chi connectivity index (χ2n) is 5.35. The molecule has 2 heterocycles. The lowest BCUT2D eigenvalue weighted by molar-refractivity contribution is 0.0723. The van der Waals surface area contributed by atoms with Gasteiger partial charge in [-0.3, -0.25) is 4.90 Å². The van der Waals surface area contributed by atoms with Gasteiger partial charge in [0.15, 0.2) is 0 Å². The Morgan fingerprint density at radius 1 is 1.33 bits per heavy atom. The summed E-state index contributed by atoms with van der Waals surface area (Å²) in [5, 5.41) is 9.07. The highest BCUT2D eigenvalue weighted by molar-refractivity contribution is 4.92. The molecular formula is C14H25N3O. The van der Waals surface area contributed by atoms with Crippen LogP contribution in [0, 0.1) is 11.3 Å². The number of nitrogens with zero attached hydrogens (tertiary/aromatic N) is 3. The van der Waals surface area contributed by atoms with Gasteiger partial charge in [0.1, 0.15) is 0 Å². The van der Waals surface area contributed by atoms with E-state index in [2.05, 4.69) is 22.8 Å². The molecule has 0 spiro atoms. The minimum atomic E-state index is 0.116. The molecule has 0 radical (unpaired) electrons. The molecule has 2 rings (SSSR count). The fourth-order valence-electron chi connectivity index (χ4n) is 2.93. The Balaban J connectivity index is 1.65. The van der Waals surface area contributed by atoms with Crippen molar-refractivity contribution in [2.45, 2.75) is 44.8 Å². The van der Waals surface area contributed by atoms with Crippen molar-refractivity contribution in [3.8, 4) is 6.07 Å². The Morgan fingerprint density at radius 2 is 2.11 bits per heavy atom. The summed E-state index contributed by atoms with van der Waals surface area (Å²) < 4.78 is 5.66. The van der Waals surface area contributed by atoms with Crippen LogP contribution in [0.25, 0.3) is 0 Å². The van der Waals surface area contributed by atoms with Gasteiger partial charge >= 0.3 is 0 Å². The highest BCUT2D eigenvalue weighted by atomic mass is 16.5. The Bertz CT molecular complexity index is 275. The van der Waals surface area contributed by atoms with Crippen LogP contribution in [0.15, 0.2) is 0 Å². The molecule has 0 aromatic heterocycles. The Hall–Kier alpha value is -0.630. The zero-order valence-electron chi connectivity index (χ0n) is 11.5. The van der Waals surface area contributed by atoms with E-state index >= 15 is 0 Å². The maximum absolute atomic E-state index is 9.07. The van der Waals surface area contributed by atoms with Gasteiger partial charge in [0.2, 0.25) is 0 Å². The van der Waals surface area contributed by atoms with Crippen molar-refractivity contribution >= 4 is 0 Å². The zero-order chi connectivity index (χ0) is 12.8. The first-order valence-electron chi connectivity index (χ1n) is 7.31. The molecule has 0 aromatic carbocycles. The topological polar surface area (TPSA) is 39.5 Å². The normalized spacial score (nSPS) is 28.1. The largest absolute Gasteiger partial charge is 0.378 e. The van der Waals surface area contributed by atoms with Crippen molar-refractivity contribution in [3.05, 3.63) is 0 Å². The molecule has 0 amide bonds. The molecule has 0 N–H and O–H groups in total. The monoisotopic (exact) mass is 251 g/mol. The van der Waals surface area contributed by atoms with E-state index in [4.69, 9.17) is 10.00 Å². The summed E-state index contributed by atoms with van der Waals surface area (Å²) in [6, 6.07) is 2.52. The van der Waals surface area contributed by atoms with Crippen molar-refractivity contribution in [2.75, 3.05) is 39.3 Å². The van der Waals surface area contributed by atoms with E-state index in [1.807, 2.05) is 0 Å². The van der Waals surface area contributed by atoms with Crippen molar-refractivity contribution < 1.29 is 4.74 Å². The molecule has 4 heteroatoms. The minimum Gasteiger partial charge on any atom is -0.378 e. The first-order valence-corrected chi connectivity index (χ1v) is 7.31. The Kier molecular flexibility index (Phi) is 5.43. The molecule has 2 atom stereocenters. The average Bonchev–Trinajstić information content (AvgIpc) is 2.92. The van der Waals surface area contributed by atoms with Gasteiger partial charge in [-0.15, -0.1) is 0 Å². The maximum Gasteiger partial charge on any atom is 0.0976 e. The molecule has 0 aliphatic carbocycles. The standard InChI is InChI=1S/C14H25N3O/c1-2-13(12-15)17-9-7-16(8-10-17)6-5-14-4-3-11-18-14/h13-14H,2-11H2,1H3. The van der Waals surface area contributed by atoms with Crippen molar-refractivity contribution in [1.82, 2.24) is 9.80 Å². The molecule has 2 unspecified atom stereocenters. The van der Waals surface area contributed by atoms with E-state index in [-0.39, 0.29) is 6.04 Å². The number of hydrogen-bond donors (Lipinski definition) is 0.